The van der Waals surface area contributed by atoms with E-state index in [1.807, 2.05) is 0 Å². The predicted octanol–water partition coefficient (Wildman–Crippen LogP) is 2.35. The number of aryl methyl sites for hydroxylation is 1. The van der Waals surface area contributed by atoms with E-state index in [0.29, 0.717) is 29.4 Å². The van der Waals surface area contributed by atoms with Gasteiger partial charge in [-0.2, -0.15) is 0 Å². The van der Waals surface area contributed by atoms with Crippen LogP contribution in [-0.2, 0) is 4.79 Å². The molecule has 2 amide bonds. The Balaban J connectivity index is 1.71. The molecule has 1 aliphatic carbocycles. The predicted molar refractivity (Wildman–Crippen MR) is 110 cm³/mol. The average Bonchev–Trinajstić information content (AvgIpc) is 3.21. The summed E-state index contributed by atoms with van der Waals surface area (Å²) in [6.45, 7) is 1.80. The molecule has 3 rings (SSSR count). The molecular weight excluding hydrogens is 388 g/mol. The number of nitrogens with one attached hydrogen (secondary N) is 2. The number of nitrogens with zero attached hydrogens (tertiary/aromatic N) is 2. The molecule has 1 aliphatic rings. The van der Waals surface area contributed by atoms with Gasteiger partial charge in [0.1, 0.15) is 5.69 Å². The molecule has 0 saturated heterocycles. The van der Waals surface area contributed by atoms with Crippen molar-refractivity contribution in [3.63, 3.8) is 0 Å². The highest BCUT2D eigenvalue weighted by Gasteiger charge is 2.34. The van der Waals surface area contributed by atoms with Crippen molar-refractivity contribution in [1.82, 2.24) is 15.3 Å². The third-order valence-corrected chi connectivity index (χ3v) is 5.12. The minimum atomic E-state index is -0.355. The summed E-state index contributed by atoms with van der Waals surface area (Å²) < 4.78 is 16.0. The first-order valence-corrected chi connectivity index (χ1v) is 9.67. The molecule has 30 heavy (non-hydrogen) atoms. The van der Waals surface area contributed by atoms with E-state index in [9.17, 15) is 9.59 Å². The average molecular weight is 414 g/mol. The Bertz CT molecular complexity index is 891. The fraction of sp³-hybridized carbons (Fsp3) is 0.429. The van der Waals surface area contributed by atoms with Gasteiger partial charge in [0.15, 0.2) is 11.5 Å². The van der Waals surface area contributed by atoms with Gasteiger partial charge in [0.2, 0.25) is 11.7 Å². The third-order valence-electron chi connectivity index (χ3n) is 5.12. The number of ether oxygens (including phenoxy) is 3. The summed E-state index contributed by atoms with van der Waals surface area (Å²) in [7, 11) is 4.54. The summed E-state index contributed by atoms with van der Waals surface area (Å²) in [5.74, 6) is 0.472. The zero-order valence-electron chi connectivity index (χ0n) is 17.5. The van der Waals surface area contributed by atoms with E-state index >= 15 is 0 Å². The van der Waals surface area contributed by atoms with Crippen LogP contribution in [0.5, 0.6) is 17.2 Å². The maximum absolute atomic E-state index is 12.9. The smallest absolute Gasteiger partial charge is 0.271 e. The molecule has 0 spiro atoms. The summed E-state index contributed by atoms with van der Waals surface area (Å²) in [5.41, 5.74) is 1.49. The van der Waals surface area contributed by atoms with Crippen LogP contribution in [0.3, 0.4) is 0 Å². The van der Waals surface area contributed by atoms with Gasteiger partial charge in [0.05, 0.1) is 39.1 Å². The lowest BCUT2D eigenvalue weighted by molar-refractivity contribution is -0.120. The van der Waals surface area contributed by atoms with Crippen molar-refractivity contribution < 1.29 is 23.8 Å². The van der Waals surface area contributed by atoms with Crippen molar-refractivity contribution >= 4 is 17.5 Å². The molecule has 9 nitrogen and oxygen atoms in total. The second-order valence-electron chi connectivity index (χ2n) is 7.06. The van der Waals surface area contributed by atoms with Gasteiger partial charge in [-0.05, 0) is 19.8 Å². The molecule has 1 heterocycles. The molecule has 2 atom stereocenters. The van der Waals surface area contributed by atoms with Gasteiger partial charge in [0.25, 0.3) is 5.91 Å². The van der Waals surface area contributed by atoms with Crippen molar-refractivity contribution in [1.29, 1.82) is 0 Å². The Labute approximate surface area is 175 Å². The number of hydrogen-bond donors (Lipinski definition) is 2. The van der Waals surface area contributed by atoms with E-state index in [4.69, 9.17) is 14.2 Å². The standard InChI is InChI=1S/C21H26N4O5/c1-12-10-23-16(11-22-12)21(27)25-15-7-5-6-14(15)20(26)24-13-8-17(28-2)19(30-4)18(9-13)29-3/h8-11,14-15H,5-7H2,1-4H3,(H,24,26)(H,25,27)/t14-,15+/m0/s1. The van der Waals surface area contributed by atoms with Crippen LogP contribution >= 0.6 is 0 Å². The van der Waals surface area contributed by atoms with Crippen molar-refractivity contribution in [2.75, 3.05) is 26.6 Å². The second kappa shape index (κ2) is 9.43. The number of methoxy groups -OCH3 is 3. The van der Waals surface area contributed by atoms with Crippen molar-refractivity contribution in [3.8, 4) is 17.2 Å². The highest BCUT2D eigenvalue weighted by atomic mass is 16.5. The number of carbonyl (C=O) groups is 2. The SMILES string of the molecule is COc1cc(NC(=O)[C@H]2CCC[C@H]2NC(=O)c2cnc(C)cn2)cc(OC)c1OC. The lowest BCUT2D eigenvalue weighted by atomic mass is 10.0. The first kappa shape index (κ1) is 21.4. The quantitative estimate of drug-likeness (QED) is 0.715. The monoisotopic (exact) mass is 414 g/mol. The van der Waals surface area contributed by atoms with Crippen LogP contribution in [0.2, 0.25) is 0 Å². The van der Waals surface area contributed by atoms with Crippen LogP contribution < -0.4 is 24.8 Å². The van der Waals surface area contributed by atoms with Crippen molar-refractivity contribution in [2.24, 2.45) is 5.92 Å². The number of rotatable bonds is 7. The zero-order valence-corrected chi connectivity index (χ0v) is 17.5. The van der Waals surface area contributed by atoms with E-state index in [2.05, 4.69) is 20.6 Å². The zero-order chi connectivity index (χ0) is 21.7. The molecule has 9 heteroatoms. The molecule has 1 saturated carbocycles. The van der Waals surface area contributed by atoms with Crippen LogP contribution in [0.25, 0.3) is 0 Å². The molecule has 0 aliphatic heterocycles. The van der Waals surface area contributed by atoms with Crippen molar-refractivity contribution in [3.05, 3.63) is 35.9 Å². The minimum Gasteiger partial charge on any atom is -0.493 e. The van der Waals surface area contributed by atoms with Gasteiger partial charge >= 0.3 is 0 Å². The molecule has 0 bridgehead atoms. The Hall–Kier alpha value is -3.36. The number of benzene rings is 1. The first-order valence-electron chi connectivity index (χ1n) is 9.67. The molecule has 0 radical (unpaired) electrons. The normalized spacial score (nSPS) is 17.9. The summed E-state index contributed by atoms with van der Waals surface area (Å²) in [6, 6.07) is 3.07. The number of hydrogen-bond acceptors (Lipinski definition) is 7. The van der Waals surface area contributed by atoms with Crippen molar-refractivity contribution in [2.45, 2.75) is 32.2 Å². The van der Waals surface area contributed by atoms with Crippen LogP contribution in [0.15, 0.2) is 24.5 Å². The van der Waals surface area contributed by atoms with Crippen LogP contribution in [0, 0.1) is 12.8 Å². The number of aromatic nitrogens is 2. The van der Waals surface area contributed by atoms with Gasteiger partial charge in [-0.15, -0.1) is 0 Å². The van der Waals surface area contributed by atoms with E-state index in [1.54, 1.807) is 19.1 Å². The van der Waals surface area contributed by atoms with Gasteiger partial charge in [0, 0.05) is 30.1 Å². The first-order chi connectivity index (χ1) is 14.5. The van der Waals surface area contributed by atoms with Gasteiger partial charge < -0.3 is 24.8 Å². The highest BCUT2D eigenvalue weighted by molar-refractivity contribution is 5.96. The molecular formula is C21H26N4O5. The lowest BCUT2D eigenvalue weighted by Crippen LogP contribution is -2.42. The maximum atomic E-state index is 12.9. The maximum Gasteiger partial charge on any atom is 0.271 e. The minimum absolute atomic E-state index is 0.179. The Kier molecular flexibility index (Phi) is 6.71. The summed E-state index contributed by atoms with van der Waals surface area (Å²) >= 11 is 0. The van der Waals surface area contributed by atoms with Crippen LogP contribution in [-0.4, -0.2) is 49.2 Å². The molecule has 0 unspecified atom stereocenters. The van der Waals surface area contributed by atoms with E-state index in [-0.39, 0.29) is 29.5 Å². The van der Waals surface area contributed by atoms with Gasteiger partial charge in [-0.25, -0.2) is 4.98 Å². The molecule has 1 fully saturated rings. The third kappa shape index (κ3) is 4.61. The fourth-order valence-electron chi connectivity index (χ4n) is 3.59. The summed E-state index contributed by atoms with van der Waals surface area (Å²) in [4.78, 5) is 33.6. The Morgan fingerprint density at radius 3 is 2.27 bits per heavy atom. The second-order valence-corrected chi connectivity index (χ2v) is 7.06. The van der Waals surface area contributed by atoms with E-state index in [0.717, 1.165) is 18.5 Å². The van der Waals surface area contributed by atoms with Gasteiger partial charge in [-0.1, -0.05) is 6.42 Å². The number of anilines is 1. The Morgan fingerprint density at radius 1 is 1.00 bits per heavy atom. The molecule has 1 aromatic heterocycles. The van der Waals surface area contributed by atoms with E-state index in [1.165, 1.54) is 33.7 Å². The van der Waals surface area contributed by atoms with Gasteiger partial charge in [-0.3, -0.25) is 14.6 Å². The fourth-order valence-corrected chi connectivity index (χ4v) is 3.59. The van der Waals surface area contributed by atoms with Crippen LogP contribution in [0.1, 0.15) is 35.4 Å². The highest BCUT2D eigenvalue weighted by Crippen LogP contribution is 2.40. The largest absolute Gasteiger partial charge is 0.493 e. The summed E-state index contributed by atoms with van der Waals surface area (Å²) in [6.07, 6.45) is 5.22. The van der Waals surface area contributed by atoms with E-state index < -0.39 is 0 Å². The Morgan fingerprint density at radius 2 is 1.70 bits per heavy atom. The lowest BCUT2D eigenvalue weighted by Gasteiger charge is -2.21. The molecule has 2 N–H and O–H groups in total. The summed E-state index contributed by atoms with van der Waals surface area (Å²) in [5, 5.41) is 5.82. The van der Waals surface area contributed by atoms with Crippen LogP contribution in [0.4, 0.5) is 5.69 Å². The number of carbonyl (C=O) groups excluding carboxylic acids is 2. The topological polar surface area (TPSA) is 112 Å². The number of amides is 2. The molecule has 2 aromatic rings. The molecule has 160 valence electrons. The molecule has 1 aromatic carbocycles.